The topological polar surface area (TPSA) is 92.7 Å². The molecule has 22 heavy (non-hydrogen) atoms. The number of sulfonamides is 1. The van der Waals surface area contributed by atoms with Gasteiger partial charge in [0.15, 0.2) is 6.61 Å². The van der Waals surface area contributed by atoms with Crippen molar-refractivity contribution in [3.05, 3.63) is 54.1 Å². The number of hydrogen-bond donors (Lipinski definition) is 2. The third-order valence-corrected chi connectivity index (χ3v) is 4.24. The van der Waals surface area contributed by atoms with E-state index < -0.39 is 22.6 Å². The number of rotatable bonds is 6. The smallest absolute Gasteiger partial charge is 0.341 e. The summed E-state index contributed by atoms with van der Waals surface area (Å²) < 4.78 is 32.0. The Bertz CT molecular complexity index is 772. The summed E-state index contributed by atoms with van der Waals surface area (Å²) in [4.78, 5) is 10.7. The van der Waals surface area contributed by atoms with Gasteiger partial charge >= 0.3 is 5.97 Å². The van der Waals surface area contributed by atoms with Crippen LogP contribution in [0.5, 0.6) is 5.75 Å². The Hall–Kier alpha value is -2.54. The summed E-state index contributed by atoms with van der Waals surface area (Å²) in [6, 6.07) is 12.7. The van der Waals surface area contributed by atoms with Gasteiger partial charge in [-0.2, -0.15) is 0 Å². The number of benzene rings is 2. The second-order valence-corrected chi connectivity index (χ2v) is 6.26. The number of carbonyl (C=O) groups is 1. The first-order chi connectivity index (χ1) is 10.4. The highest BCUT2D eigenvalue weighted by Crippen LogP contribution is 2.24. The van der Waals surface area contributed by atoms with Crippen LogP contribution in [0.3, 0.4) is 0 Å². The molecule has 0 radical (unpaired) electrons. The third kappa shape index (κ3) is 3.98. The molecule has 2 rings (SSSR count). The highest BCUT2D eigenvalue weighted by atomic mass is 32.2. The zero-order valence-electron chi connectivity index (χ0n) is 11.8. The molecule has 0 saturated carbocycles. The molecule has 0 aliphatic rings. The zero-order valence-corrected chi connectivity index (χ0v) is 12.6. The number of aryl methyl sites for hydroxylation is 1. The van der Waals surface area contributed by atoms with Crippen LogP contribution >= 0.6 is 0 Å². The van der Waals surface area contributed by atoms with Crippen molar-refractivity contribution in [3.8, 4) is 5.75 Å². The van der Waals surface area contributed by atoms with E-state index in [2.05, 4.69) is 4.72 Å². The molecule has 2 N–H and O–H groups in total. The Morgan fingerprint density at radius 2 is 1.86 bits per heavy atom. The number of ether oxygens (including phenoxy) is 1. The molecule has 0 fully saturated rings. The van der Waals surface area contributed by atoms with Gasteiger partial charge in [0.2, 0.25) is 0 Å². The van der Waals surface area contributed by atoms with E-state index in [0.29, 0.717) is 17.0 Å². The Kier molecular flexibility index (Phi) is 4.67. The predicted molar refractivity (Wildman–Crippen MR) is 81.6 cm³/mol. The van der Waals surface area contributed by atoms with Gasteiger partial charge in [-0.15, -0.1) is 0 Å². The van der Waals surface area contributed by atoms with Crippen LogP contribution in [0.4, 0.5) is 5.69 Å². The molecule has 7 heteroatoms. The van der Waals surface area contributed by atoms with E-state index in [1.807, 2.05) is 0 Å². The number of carboxylic acids is 1. The highest BCUT2D eigenvalue weighted by molar-refractivity contribution is 7.92. The predicted octanol–water partition coefficient (Wildman–Crippen LogP) is 2.26. The minimum atomic E-state index is -3.70. The lowest BCUT2D eigenvalue weighted by Crippen LogP contribution is -2.13. The Morgan fingerprint density at radius 3 is 2.50 bits per heavy atom. The summed E-state index contributed by atoms with van der Waals surface area (Å²) in [6.07, 6.45) is 0. The number of nitrogens with one attached hydrogen (secondary N) is 1. The van der Waals surface area contributed by atoms with E-state index in [9.17, 15) is 13.2 Å². The summed E-state index contributed by atoms with van der Waals surface area (Å²) in [7, 11) is -3.70. The molecule has 0 heterocycles. The molecular weight excluding hydrogens is 306 g/mol. The van der Waals surface area contributed by atoms with Gasteiger partial charge in [0.1, 0.15) is 5.75 Å². The molecule has 2 aromatic carbocycles. The van der Waals surface area contributed by atoms with Crippen LogP contribution in [0.25, 0.3) is 0 Å². The van der Waals surface area contributed by atoms with Crippen molar-refractivity contribution in [3.63, 3.8) is 0 Å². The maximum atomic E-state index is 12.2. The van der Waals surface area contributed by atoms with Gasteiger partial charge in [-0.1, -0.05) is 24.3 Å². The van der Waals surface area contributed by atoms with Gasteiger partial charge in [-0.25, -0.2) is 13.2 Å². The van der Waals surface area contributed by atoms with Crippen molar-refractivity contribution in [1.82, 2.24) is 0 Å². The average Bonchev–Trinajstić information content (AvgIpc) is 2.48. The van der Waals surface area contributed by atoms with E-state index in [1.54, 1.807) is 37.3 Å². The fourth-order valence-electron chi connectivity index (χ4n) is 1.77. The standard InChI is InChI=1S/C15H15NO5S/c1-11-7-8-12(9-14(11)21-10-15(17)18)16-22(19,20)13-5-3-2-4-6-13/h2-9,16H,10H2,1H3,(H,17,18). The van der Waals surface area contributed by atoms with Crippen LogP contribution in [0.1, 0.15) is 5.56 Å². The van der Waals surface area contributed by atoms with E-state index in [0.717, 1.165) is 0 Å². The van der Waals surface area contributed by atoms with Crippen molar-refractivity contribution in [2.24, 2.45) is 0 Å². The van der Waals surface area contributed by atoms with Crippen molar-refractivity contribution in [2.45, 2.75) is 11.8 Å². The van der Waals surface area contributed by atoms with Crippen molar-refractivity contribution in [1.29, 1.82) is 0 Å². The molecule has 0 aromatic heterocycles. The van der Waals surface area contributed by atoms with Gasteiger partial charge in [0.25, 0.3) is 10.0 Å². The first-order valence-corrected chi connectivity index (χ1v) is 7.90. The fourth-order valence-corrected chi connectivity index (χ4v) is 2.84. The van der Waals surface area contributed by atoms with E-state index in [-0.39, 0.29) is 4.90 Å². The quantitative estimate of drug-likeness (QED) is 0.851. The lowest BCUT2D eigenvalue weighted by molar-refractivity contribution is -0.139. The first kappa shape index (κ1) is 15.8. The summed E-state index contributed by atoms with van der Waals surface area (Å²) in [6.45, 7) is 1.25. The monoisotopic (exact) mass is 321 g/mol. The summed E-state index contributed by atoms with van der Waals surface area (Å²) >= 11 is 0. The number of aliphatic carboxylic acids is 1. The summed E-state index contributed by atoms with van der Waals surface area (Å²) in [5.41, 5.74) is 1.01. The maximum absolute atomic E-state index is 12.2. The molecule has 0 aliphatic carbocycles. The Balaban J connectivity index is 2.23. The number of anilines is 1. The van der Waals surface area contributed by atoms with E-state index >= 15 is 0 Å². The van der Waals surface area contributed by atoms with Gasteiger partial charge in [-0.05, 0) is 30.7 Å². The molecule has 116 valence electrons. The average molecular weight is 321 g/mol. The van der Waals surface area contributed by atoms with Crippen LogP contribution in [-0.4, -0.2) is 26.1 Å². The van der Waals surface area contributed by atoms with Gasteiger partial charge < -0.3 is 9.84 Å². The van der Waals surface area contributed by atoms with Crippen LogP contribution in [0, 0.1) is 6.92 Å². The molecule has 2 aromatic rings. The Labute approximate surface area is 128 Å². The van der Waals surface area contributed by atoms with Crippen molar-refractivity contribution >= 4 is 21.7 Å². The minimum Gasteiger partial charge on any atom is -0.482 e. The number of hydrogen-bond acceptors (Lipinski definition) is 4. The highest BCUT2D eigenvalue weighted by Gasteiger charge is 2.14. The minimum absolute atomic E-state index is 0.142. The molecule has 6 nitrogen and oxygen atoms in total. The molecule has 0 saturated heterocycles. The molecule has 0 aliphatic heterocycles. The molecule has 0 bridgehead atoms. The summed E-state index contributed by atoms with van der Waals surface area (Å²) in [5, 5.41) is 8.63. The largest absolute Gasteiger partial charge is 0.482 e. The second-order valence-electron chi connectivity index (χ2n) is 4.58. The molecule has 0 unspecified atom stereocenters. The zero-order chi connectivity index (χ0) is 16.2. The van der Waals surface area contributed by atoms with E-state index in [4.69, 9.17) is 9.84 Å². The SMILES string of the molecule is Cc1ccc(NS(=O)(=O)c2ccccc2)cc1OCC(=O)O. The molecule has 0 amide bonds. The van der Waals surface area contributed by atoms with E-state index in [1.165, 1.54) is 18.2 Å². The summed E-state index contributed by atoms with van der Waals surface area (Å²) in [5.74, 6) is -0.787. The van der Waals surface area contributed by atoms with Crippen LogP contribution < -0.4 is 9.46 Å². The third-order valence-electron chi connectivity index (χ3n) is 2.85. The van der Waals surface area contributed by atoms with Gasteiger partial charge in [-0.3, -0.25) is 4.72 Å². The van der Waals surface area contributed by atoms with Gasteiger partial charge in [0, 0.05) is 6.07 Å². The second kappa shape index (κ2) is 6.48. The van der Waals surface area contributed by atoms with Crippen LogP contribution in [-0.2, 0) is 14.8 Å². The van der Waals surface area contributed by atoms with Crippen molar-refractivity contribution in [2.75, 3.05) is 11.3 Å². The maximum Gasteiger partial charge on any atom is 0.341 e. The first-order valence-electron chi connectivity index (χ1n) is 6.41. The molecular formula is C15H15NO5S. The van der Waals surface area contributed by atoms with Crippen molar-refractivity contribution < 1.29 is 23.1 Å². The number of carboxylic acid groups (broad SMARTS) is 1. The van der Waals surface area contributed by atoms with Crippen LogP contribution in [0.2, 0.25) is 0 Å². The lowest BCUT2D eigenvalue weighted by Gasteiger charge is -2.11. The van der Waals surface area contributed by atoms with Crippen LogP contribution in [0.15, 0.2) is 53.4 Å². The van der Waals surface area contributed by atoms with Gasteiger partial charge in [0.05, 0.1) is 10.6 Å². The normalized spacial score (nSPS) is 11.0. The lowest BCUT2D eigenvalue weighted by atomic mass is 10.2. The fraction of sp³-hybridized carbons (Fsp3) is 0.133. The Morgan fingerprint density at radius 1 is 1.18 bits per heavy atom. The molecule has 0 spiro atoms. The molecule has 0 atom stereocenters.